The van der Waals surface area contributed by atoms with Crippen LogP contribution in [0.2, 0.25) is 0 Å². The molecule has 0 bridgehead atoms. The van der Waals surface area contributed by atoms with Crippen molar-refractivity contribution in [3.8, 4) is 0 Å². The summed E-state index contributed by atoms with van der Waals surface area (Å²) in [5.74, 6) is -1.06. The predicted molar refractivity (Wildman–Crippen MR) is 52.0 cm³/mol. The maximum absolute atomic E-state index is 11.0. The summed E-state index contributed by atoms with van der Waals surface area (Å²) in [7, 11) is -3.06. The number of nitrogens with zero attached hydrogens (tertiary/aromatic N) is 1. The number of carboxylic acids is 1. The van der Waals surface area contributed by atoms with Gasteiger partial charge < -0.3 is 5.11 Å². The van der Waals surface area contributed by atoms with Crippen LogP contribution in [0.25, 0.3) is 0 Å². The van der Waals surface area contributed by atoms with E-state index in [4.69, 9.17) is 5.11 Å². The van der Waals surface area contributed by atoms with E-state index in [9.17, 15) is 13.2 Å². The number of alkyl halides is 1. The first kappa shape index (κ1) is 12.9. The van der Waals surface area contributed by atoms with Crippen LogP contribution in [0.15, 0.2) is 0 Å². The Morgan fingerprint density at radius 2 is 2.00 bits per heavy atom. The van der Waals surface area contributed by atoms with E-state index in [1.165, 1.54) is 0 Å². The van der Waals surface area contributed by atoms with Crippen LogP contribution in [0.5, 0.6) is 0 Å². The smallest absolute Gasteiger partial charge is 0.319 e. The van der Waals surface area contributed by atoms with E-state index in [1.54, 1.807) is 0 Å². The van der Waals surface area contributed by atoms with Crippen LogP contribution in [0.4, 0.5) is 0 Å². The van der Waals surface area contributed by atoms with Gasteiger partial charge in [0.25, 0.3) is 0 Å². The van der Waals surface area contributed by atoms with E-state index in [-0.39, 0.29) is 24.6 Å². The van der Waals surface area contributed by atoms with E-state index in [2.05, 4.69) is 21.2 Å². The zero-order chi connectivity index (χ0) is 10.3. The largest absolute Gasteiger partial charge is 0.480 e. The van der Waals surface area contributed by atoms with Gasteiger partial charge in [0, 0.05) is 11.9 Å². The van der Waals surface area contributed by atoms with E-state index in [0.29, 0.717) is 5.33 Å². The SMILES string of the molecule is O=C(O)C[N]CCS(=O)(=O)CCBr. The molecule has 0 rings (SSSR count). The summed E-state index contributed by atoms with van der Waals surface area (Å²) in [4.78, 5) is 10.00. The van der Waals surface area contributed by atoms with Crippen LogP contribution in [-0.2, 0) is 14.6 Å². The van der Waals surface area contributed by atoms with E-state index in [0.717, 1.165) is 0 Å². The highest BCUT2D eigenvalue weighted by Crippen LogP contribution is 1.92. The fourth-order valence-corrected chi connectivity index (χ4v) is 2.92. The Labute approximate surface area is 85.6 Å². The average Bonchev–Trinajstić information content (AvgIpc) is 1.98. The van der Waals surface area contributed by atoms with Gasteiger partial charge in [0.1, 0.15) is 6.54 Å². The molecule has 0 heterocycles. The predicted octanol–water partition coefficient (Wildman–Crippen LogP) is -0.515. The summed E-state index contributed by atoms with van der Waals surface area (Å²) in [6.45, 7) is -0.272. The molecule has 1 radical (unpaired) electrons. The second kappa shape index (κ2) is 6.33. The van der Waals surface area contributed by atoms with Gasteiger partial charge in [0.05, 0.1) is 11.5 Å². The molecule has 0 aromatic rings. The highest BCUT2D eigenvalue weighted by atomic mass is 79.9. The first-order valence-electron chi connectivity index (χ1n) is 3.59. The molecule has 7 heteroatoms. The highest BCUT2D eigenvalue weighted by Gasteiger charge is 2.09. The third-order valence-electron chi connectivity index (χ3n) is 1.20. The van der Waals surface area contributed by atoms with Gasteiger partial charge in [-0.2, -0.15) is 0 Å². The van der Waals surface area contributed by atoms with Crippen LogP contribution < -0.4 is 5.32 Å². The first-order valence-corrected chi connectivity index (χ1v) is 6.53. The van der Waals surface area contributed by atoms with Gasteiger partial charge >= 0.3 is 5.97 Å². The summed E-state index contributed by atoms with van der Waals surface area (Å²) in [6.07, 6.45) is 0. The molecule has 1 N–H and O–H groups in total. The third-order valence-corrected chi connectivity index (χ3v) is 3.75. The second-order valence-electron chi connectivity index (χ2n) is 2.34. The topological polar surface area (TPSA) is 85.5 Å². The molecule has 0 spiro atoms. The monoisotopic (exact) mass is 272 g/mol. The van der Waals surface area contributed by atoms with Crippen molar-refractivity contribution >= 4 is 31.7 Å². The first-order chi connectivity index (χ1) is 5.98. The fourth-order valence-electron chi connectivity index (χ4n) is 0.598. The molecule has 0 aromatic heterocycles. The van der Waals surface area contributed by atoms with Crippen molar-refractivity contribution in [2.24, 2.45) is 0 Å². The summed E-state index contributed by atoms with van der Waals surface area (Å²) in [5, 5.41) is 12.1. The zero-order valence-corrected chi connectivity index (χ0v) is 9.34. The van der Waals surface area contributed by atoms with Crippen molar-refractivity contribution < 1.29 is 18.3 Å². The minimum atomic E-state index is -3.06. The Hall–Kier alpha value is -0.140. The van der Waals surface area contributed by atoms with Crippen molar-refractivity contribution in [2.45, 2.75) is 0 Å². The van der Waals surface area contributed by atoms with Crippen molar-refractivity contribution in [1.82, 2.24) is 5.32 Å². The third kappa shape index (κ3) is 8.20. The quantitative estimate of drug-likeness (QED) is 0.500. The molecule has 0 fully saturated rings. The van der Waals surface area contributed by atoms with Crippen molar-refractivity contribution in [3.05, 3.63) is 0 Å². The number of rotatable bonds is 7. The summed E-state index contributed by atoms with van der Waals surface area (Å²) >= 11 is 3.01. The lowest BCUT2D eigenvalue weighted by atomic mass is 10.6. The van der Waals surface area contributed by atoms with Gasteiger partial charge in [-0.05, 0) is 0 Å². The molecule has 0 saturated heterocycles. The van der Waals surface area contributed by atoms with Gasteiger partial charge in [-0.3, -0.25) is 4.79 Å². The van der Waals surface area contributed by atoms with Crippen LogP contribution in [0, 0.1) is 0 Å². The summed E-state index contributed by atoms with van der Waals surface area (Å²) in [6, 6.07) is 0. The van der Waals surface area contributed by atoms with Crippen molar-refractivity contribution in [1.29, 1.82) is 0 Å². The molecule has 77 valence electrons. The molecule has 0 atom stereocenters. The molecular formula is C6H11BrNO4S. The van der Waals surface area contributed by atoms with E-state index in [1.807, 2.05) is 0 Å². The molecule has 0 aromatic carbocycles. The Kier molecular flexibility index (Phi) is 6.27. The molecule has 0 aliphatic rings. The Morgan fingerprint density at radius 3 is 2.46 bits per heavy atom. The van der Waals surface area contributed by atoms with Crippen LogP contribution >= 0.6 is 15.9 Å². The molecule has 0 aliphatic heterocycles. The molecular weight excluding hydrogens is 262 g/mol. The van der Waals surface area contributed by atoms with Crippen LogP contribution in [0.1, 0.15) is 0 Å². The zero-order valence-electron chi connectivity index (χ0n) is 6.94. The van der Waals surface area contributed by atoms with Crippen molar-refractivity contribution in [2.75, 3.05) is 29.9 Å². The van der Waals surface area contributed by atoms with Gasteiger partial charge in [0.2, 0.25) is 0 Å². The number of aliphatic carboxylic acids is 1. The lowest BCUT2D eigenvalue weighted by Gasteiger charge is -2.00. The molecule has 0 saturated carbocycles. The lowest BCUT2D eigenvalue weighted by Crippen LogP contribution is -2.24. The minimum absolute atomic E-state index is 0.0572. The second-order valence-corrected chi connectivity index (χ2v) is 5.44. The molecule has 0 amide bonds. The maximum Gasteiger partial charge on any atom is 0.319 e. The number of hydrogen-bond acceptors (Lipinski definition) is 3. The van der Waals surface area contributed by atoms with E-state index < -0.39 is 15.8 Å². The summed E-state index contributed by atoms with van der Waals surface area (Å²) in [5.41, 5.74) is 0. The molecule has 5 nitrogen and oxygen atoms in total. The van der Waals surface area contributed by atoms with Gasteiger partial charge in [-0.15, -0.1) is 0 Å². The number of carbonyl (C=O) groups is 1. The number of carboxylic acid groups (broad SMARTS) is 1. The van der Waals surface area contributed by atoms with Crippen molar-refractivity contribution in [3.63, 3.8) is 0 Å². The fraction of sp³-hybridized carbons (Fsp3) is 0.833. The molecule has 0 unspecified atom stereocenters. The molecule has 13 heavy (non-hydrogen) atoms. The van der Waals surface area contributed by atoms with Crippen LogP contribution in [0.3, 0.4) is 0 Å². The number of halogens is 1. The van der Waals surface area contributed by atoms with Gasteiger partial charge in [-0.25, -0.2) is 13.7 Å². The maximum atomic E-state index is 11.0. The number of hydrogen-bond donors (Lipinski definition) is 1. The Bertz CT molecular complexity index is 251. The normalized spacial score (nSPS) is 11.5. The Balaban J connectivity index is 3.58. The number of sulfone groups is 1. The molecule has 0 aliphatic carbocycles. The summed E-state index contributed by atoms with van der Waals surface area (Å²) < 4.78 is 22.1. The Morgan fingerprint density at radius 1 is 1.38 bits per heavy atom. The van der Waals surface area contributed by atoms with Gasteiger partial charge in [0.15, 0.2) is 9.84 Å². The van der Waals surface area contributed by atoms with Gasteiger partial charge in [-0.1, -0.05) is 15.9 Å². The van der Waals surface area contributed by atoms with Crippen LogP contribution in [-0.4, -0.2) is 49.4 Å². The van der Waals surface area contributed by atoms with E-state index >= 15 is 0 Å². The highest BCUT2D eigenvalue weighted by molar-refractivity contribution is 9.09. The average molecular weight is 273 g/mol. The minimum Gasteiger partial charge on any atom is -0.480 e. The lowest BCUT2D eigenvalue weighted by molar-refractivity contribution is -0.136. The standard InChI is InChI=1S/C6H11BrNO4S/c7-1-3-13(11,12)4-2-8-5-6(9)10/h1-5H2,(H,9,10).